The number of ether oxygens (including phenoxy) is 2. The second-order valence-electron chi connectivity index (χ2n) is 6.78. The van der Waals surface area contributed by atoms with Crippen molar-refractivity contribution < 1.29 is 35.0 Å². The summed E-state index contributed by atoms with van der Waals surface area (Å²) in [6.07, 6.45) is -6.24. The number of benzene rings is 2. The van der Waals surface area contributed by atoms with Crippen LogP contribution in [0.5, 0.6) is 11.5 Å². The van der Waals surface area contributed by atoms with Crippen LogP contribution in [0.25, 0.3) is 0 Å². The first-order chi connectivity index (χ1) is 13.3. The molecular weight excluding hydrogens is 388 g/mol. The van der Waals surface area contributed by atoms with Gasteiger partial charge in [-0.05, 0) is 41.8 Å². The molecule has 1 saturated heterocycles. The smallest absolute Gasteiger partial charge is 0.122 e. The second-order valence-corrected chi connectivity index (χ2v) is 7.18. The number of aromatic hydroxyl groups is 1. The van der Waals surface area contributed by atoms with Gasteiger partial charge in [0.05, 0.1) is 13.7 Å². The van der Waals surface area contributed by atoms with E-state index in [1.54, 1.807) is 13.2 Å². The van der Waals surface area contributed by atoms with Gasteiger partial charge in [0.2, 0.25) is 0 Å². The number of rotatable bonds is 5. The molecule has 28 heavy (non-hydrogen) atoms. The van der Waals surface area contributed by atoms with Crippen LogP contribution in [0.3, 0.4) is 0 Å². The number of halogens is 1. The van der Waals surface area contributed by atoms with Crippen molar-refractivity contribution in [3.8, 4) is 11.5 Å². The maximum Gasteiger partial charge on any atom is 0.122 e. The van der Waals surface area contributed by atoms with Crippen molar-refractivity contribution in [1.29, 1.82) is 0 Å². The molecule has 0 unspecified atom stereocenters. The molecule has 7 nitrogen and oxygen atoms in total. The van der Waals surface area contributed by atoms with Gasteiger partial charge in [-0.1, -0.05) is 23.7 Å². The maximum absolute atomic E-state index is 10.3. The summed E-state index contributed by atoms with van der Waals surface area (Å²) >= 11 is 6.28. The number of aliphatic hydroxyl groups excluding tert-OH is 4. The van der Waals surface area contributed by atoms with E-state index < -0.39 is 37.1 Å². The lowest BCUT2D eigenvalue weighted by molar-refractivity contribution is -0.232. The van der Waals surface area contributed by atoms with Crippen LogP contribution in [0.1, 0.15) is 22.8 Å². The number of aliphatic hydroxyl groups is 4. The van der Waals surface area contributed by atoms with E-state index in [-0.39, 0.29) is 11.3 Å². The van der Waals surface area contributed by atoms with Crippen LogP contribution < -0.4 is 4.74 Å². The quantitative estimate of drug-likeness (QED) is 0.501. The van der Waals surface area contributed by atoms with Crippen LogP contribution in [-0.2, 0) is 11.2 Å². The summed E-state index contributed by atoms with van der Waals surface area (Å²) in [4.78, 5) is 0. The van der Waals surface area contributed by atoms with Crippen molar-refractivity contribution in [2.75, 3.05) is 13.7 Å². The Labute approximate surface area is 167 Å². The summed E-state index contributed by atoms with van der Waals surface area (Å²) in [5, 5.41) is 50.3. The molecule has 8 heteroatoms. The normalized spacial score (nSPS) is 27.6. The Morgan fingerprint density at radius 1 is 1.04 bits per heavy atom. The van der Waals surface area contributed by atoms with Gasteiger partial charge >= 0.3 is 0 Å². The largest absolute Gasteiger partial charge is 0.508 e. The second kappa shape index (κ2) is 8.65. The van der Waals surface area contributed by atoms with E-state index in [0.717, 1.165) is 11.3 Å². The molecule has 0 aromatic heterocycles. The van der Waals surface area contributed by atoms with Gasteiger partial charge in [-0.3, -0.25) is 0 Å². The van der Waals surface area contributed by atoms with E-state index in [2.05, 4.69) is 0 Å². The fourth-order valence-corrected chi connectivity index (χ4v) is 3.54. The van der Waals surface area contributed by atoms with Gasteiger partial charge < -0.3 is 35.0 Å². The molecule has 1 aliphatic rings. The van der Waals surface area contributed by atoms with E-state index in [4.69, 9.17) is 21.1 Å². The molecule has 5 atom stereocenters. The van der Waals surface area contributed by atoms with E-state index in [1.807, 2.05) is 24.3 Å². The number of hydrogen-bond acceptors (Lipinski definition) is 7. The van der Waals surface area contributed by atoms with Crippen LogP contribution in [0.15, 0.2) is 36.4 Å². The van der Waals surface area contributed by atoms with Crippen LogP contribution in [0.4, 0.5) is 0 Å². The Hall–Kier alpha value is -1.87. The molecule has 0 bridgehead atoms. The lowest BCUT2D eigenvalue weighted by atomic mass is 9.89. The molecule has 0 saturated carbocycles. The summed E-state index contributed by atoms with van der Waals surface area (Å²) in [5.74, 6) is 0.510. The third-order valence-corrected chi connectivity index (χ3v) is 5.30. The molecular formula is C20H23ClO7. The molecule has 1 fully saturated rings. The van der Waals surface area contributed by atoms with Gasteiger partial charge in [0.25, 0.3) is 0 Å². The first kappa shape index (κ1) is 20.9. The topological polar surface area (TPSA) is 120 Å². The molecule has 0 spiro atoms. The number of phenolic OH excluding ortho intramolecular Hbond substituents is 1. The first-order valence-electron chi connectivity index (χ1n) is 8.80. The highest BCUT2D eigenvalue weighted by Crippen LogP contribution is 2.39. The van der Waals surface area contributed by atoms with E-state index in [0.29, 0.717) is 17.0 Å². The summed E-state index contributed by atoms with van der Waals surface area (Å²) < 4.78 is 10.7. The molecule has 0 amide bonds. The fraction of sp³-hybridized carbons (Fsp3) is 0.400. The van der Waals surface area contributed by atoms with Crippen LogP contribution >= 0.6 is 11.6 Å². The minimum absolute atomic E-state index is 0.213. The predicted octanol–water partition coefficient (Wildman–Crippen LogP) is 1.16. The highest BCUT2D eigenvalue weighted by atomic mass is 35.5. The van der Waals surface area contributed by atoms with Crippen molar-refractivity contribution in [2.24, 2.45) is 0 Å². The van der Waals surface area contributed by atoms with Crippen molar-refractivity contribution in [2.45, 2.75) is 36.9 Å². The lowest BCUT2D eigenvalue weighted by Gasteiger charge is -2.40. The van der Waals surface area contributed by atoms with Crippen molar-refractivity contribution in [3.63, 3.8) is 0 Å². The van der Waals surface area contributed by atoms with Gasteiger partial charge in [0.15, 0.2) is 0 Å². The Balaban J connectivity index is 1.92. The summed E-state index contributed by atoms with van der Waals surface area (Å²) in [6, 6.07) is 10.3. The van der Waals surface area contributed by atoms with Crippen LogP contribution in [-0.4, -0.2) is 63.7 Å². The van der Waals surface area contributed by atoms with Crippen LogP contribution in [0.2, 0.25) is 5.02 Å². The minimum atomic E-state index is -1.53. The monoisotopic (exact) mass is 410 g/mol. The fourth-order valence-electron chi connectivity index (χ4n) is 3.31. The summed E-state index contributed by atoms with van der Waals surface area (Å²) in [5.41, 5.74) is 1.84. The Morgan fingerprint density at radius 2 is 1.71 bits per heavy atom. The zero-order valence-corrected chi connectivity index (χ0v) is 16.0. The lowest BCUT2D eigenvalue weighted by Crippen LogP contribution is -2.55. The van der Waals surface area contributed by atoms with Crippen LogP contribution in [0, 0.1) is 0 Å². The zero-order chi connectivity index (χ0) is 20.4. The Bertz CT molecular complexity index is 809. The van der Waals surface area contributed by atoms with Crippen molar-refractivity contribution >= 4 is 11.6 Å². The molecule has 2 aromatic carbocycles. The van der Waals surface area contributed by atoms with Gasteiger partial charge in [-0.15, -0.1) is 0 Å². The number of phenols is 1. The Kier molecular flexibility index (Phi) is 6.44. The number of methoxy groups -OCH3 is 1. The predicted molar refractivity (Wildman–Crippen MR) is 102 cm³/mol. The van der Waals surface area contributed by atoms with E-state index >= 15 is 0 Å². The van der Waals surface area contributed by atoms with Gasteiger partial charge in [0, 0.05) is 10.6 Å². The average molecular weight is 411 g/mol. The first-order valence-corrected chi connectivity index (χ1v) is 9.18. The molecule has 2 aromatic rings. The Morgan fingerprint density at radius 3 is 2.32 bits per heavy atom. The molecule has 1 heterocycles. The van der Waals surface area contributed by atoms with Gasteiger partial charge in [-0.2, -0.15) is 0 Å². The van der Waals surface area contributed by atoms with E-state index in [1.165, 1.54) is 6.07 Å². The zero-order valence-electron chi connectivity index (χ0n) is 15.2. The van der Waals surface area contributed by atoms with Crippen molar-refractivity contribution in [1.82, 2.24) is 0 Å². The molecule has 3 rings (SSSR count). The molecule has 0 radical (unpaired) electrons. The summed E-state index contributed by atoms with van der Waals surface area (Å²) in [6.45, 7) is -0.547. The standard InChI is InChI=1S/C20H23ClO7/c1-27-12-4-2-10(3-5-12)6-11-7-13(15(23)8-14(11)21)20-19(26)18(25)17(24)16(9-22)28-20/h2-5,7-8,16-20,22-26H,6,9H2,1H3/t16-,17-,18+,19-,20+/m1/s1. The third kappa shape index (κ3) is 4.10. The van der Waals surface area contributed by atoms with Gasteiger partial charge in [-0.25, -0.2) is 0 Å². The molecule has 1 aliphatic heterocycles. The molecule has 152 valence electrons. The van der Waals surface area contributed by atoms with E-state index in [9.17, 15) is 25.5 Å². The summed E-state index contributed by atoms with van der Waals surface area (Å²) in [7, 11) is 1.58. The minimum Gasteiger partial charge on any atom is -0.508 e. The number of hydrogen-bond donors (Lipinski definition) is 5. The average Bonchev–Trinajstić information content (AvgIpc) is 2.69. The third-order valence-electron chi connectivity index (χ3n) is 4.95. The maximum atomic E-state index is 10.3. The SMILES string of the molecule is COc1ccc(Cc2cc([C@@H]3O[C@H](CO)[C@@H](O)[C@H](O)[C@H]3O)c(O)cc2Cl)cc1. The van der Waals surface area contributed by atoms with Gasteiger partial charge in [0.1, 0.15) is 42.0 Å². The molecule has 0 aliphatic carbocycles. The van der Waals surface area contributed by atoms with Crippen molar-refractivity contribution in [3.05, 3.63) is 58.1 Å². The highest BCUT2D eigenvalue weighted by molar-refractivity contribution is 6.31. The molecule has 5 N–H and O–H groups in total. The highest BCUT2D eigenvalue weighted by Gasteiger charge is 2.44.